The predicted molar refractivity (Wildman–Crippen MR) is 105 cm³/mol. The molecule has 132 valence electrons. The van der Waals surface area contributed by atoms with Gasteiger partial charge in [-0.1, -0.05) is 48.5 Å². The van der Waals surface area contributed by atoms with Crippen LogP contribution in [0.25, 0.3) is 10.8 Å². The lowest BCUT2D eigenvalue weighted by Gasteiger charge is -2.13. The maximum Gasteiger partial charge on any atom is 0.317 e. The summed E-state index contributed by atoms with van der Waals surface area (Å²) >= 11 is 1.39. The minimum Gasteiger partial charge on any atom is -0.452 e. The van der Waals surface area contributed by atoms with Crippen LogP contribution in [0.1, 0.15) is 6.92 Å². The number of carbonyl (C=O) groups is 2. The van der Waals surface area contributed by atoms with Crippen LogP contribution < -0.4 is 5.32 Å². The molecule has 0 fully saturated rings. The smallest absolute Gasteiger partial charge is 0.317 e. The van der Waals surface area contributed by atoms with Crippen LogP contribution in [0, 0.1) is 0 Å². The molecule has 0 aliphatic rings. The Morgan fingerprint density at radius 2 is 1.65 bits per heavy atom. The summed E-state index contributed by atoms with van der Waals surface area (Å²) in [5.74, 6) is -0.611. The number of hydrogen-bond donors (Lipinski definition) is 1. The Hall–Kier alpha value is -2.79. The first-order valence-electron chi connectivity index (χ1n) is 8.29. The zero-order chi connectivity index (χ0) is 18.4. The summed E-state index contributed by atoms with van der Waals surface area (Å²) in [7, 11) is 0. The predicted octanol–water partition coefficient (Wildman–Crippen LogP) is 4.50. The van der Waals surface area contributed by atoms with Gasteiger partial charge in [0.25, 0.3) is 5.91 Å². The summed E-state index contributed by atoms with van der Waals surface area (Å²) in [6.45, 7) is 1.57. The summed E-state index contributed by atoms with van der Waals surface area (Å²) in [6, 6.07) is 23.2. The van der Waals surface area contributed by atoms with Gasteiger partial charge in [-0.15, -0.1) is 11.8 Å². The highest BCUT2D eigenvalue weighted by Crippen LogP contribution is 2.23. The third-order valence-corrected chi connectivity index (χ3v) is 4.76. The molecule has 0 heterocycles. The molecule has 0 radical (unpaired) electrons. The molecule has 0 unspecified atom stereocenters. The van der Waals surface area contributed by atoms with Crippen LogP contribution in [-0.2, 0) is 14.3 Å². The fourth-order valence-electron chi connectivity index (χ4n) is 2.45. The zero-order valence-electron chi connectivity index (χ0n) is 14.3. The minimum absolute atomic E-state index is 0.154. The van der Waals surface area contributed by atoms with Crippen molar-refractivity contribution in [3.63, 3.8) is 0 Å². The normalized spacial score (nSPS) is 11.7. The Labute approximate surface area is 156 Å². The number of nitrogens with one attached hydrogen (secondary N) is 1. The molecular formula is C21H19NO3S. The molecule has 26 heavy (non-hydrogen) atoms. The number of fused-ring (bicyclic) bond motifs is 1. The van der Waals surface area contributed by atoms with Crippen molar-refractivity contribution in [3.05, 3.63) is 72.8 Å². The van der Waals surface area contributed by atoms with Crippen LogP contribution in [0.5, 0.6) is 0 Å². The van der Waals surface area contributed by atoms with Crippen molar-refractivity contribution in [3.8, 4) is 0 Å². The molecule has 3 aromatic carbocycles. The largest absolute Gasteiger partial charge is 0.452 e. The number of anilines is 1. The molecule has 0 aliphatic carbocycles. The van der Waals surface area contributed by atoms with Gasteiger partial charge in [0.1, 0.15) is 0 Å². The van der Waals surface area contributed by atoms with Gasteiger partial charge in [0, 0.05) is 10.6 Å². The molecule has 1 amide bonds. The van der Waals surface area contributed by atoms with Gasteiger partial charge in [0.15, 0.2) is 6.10 Å². The number of benzene rings is 3. The standard InChI is InChI=1S/C21H19NO3S/c1-15(21(24)22-18-9-3-2-4-10-18)25-20(23)14-26-19-12-11-16-7-5-6-8-17(16)13-19/h2-13,15H,14H2,1H3,(H,22,24)/t15-/m1/s1. The first kappa shape index (κ1) is 18.0. The first-order valence-corrected chi connectivity index (χ1v) is 9.27. The van der Waals surface area contributed by atoms with Gasteiger partial charge in [-0.3, -0.25) is 9.59 Å². The van der Waals surface area contributed by atoms with E-state index < -0.39 is 12.1 Å². The molecule has 4 nitrogen and oxygen atoms in total. The van der Waals surface area contributed by atoms with E-state index in [2.05, 4.69) is 5.32 Å². The van der Waals surface area contributed by atoms with E-state index in [0.29, 0.717) is 5.69 Å². The average molecular weight is 365 g/mol. The molecule has 0 spiro atoms. The van der Waals surface area contributed by atoms with E-state index >= 15 is 0 Å². The molecule has 0 saturated carbocycles. The monoisotopic (exact) mass is 365 g/mol. The summed E-state index contributed by atoms with van der Waals surface area (Å²) in [6.07, 6.45) is -0.847. The lowest BCUT2D eigenvalue weighted by atomic mass is 10.1. The van der Waals surface area contributed by atoms with E-state index in [0.717, 1.165) is 15.7 Å². The highest BCUT2D eigenvalue weighted by atomic mass is 32.2. The van der Waals surface area contributed by atoms with E-state index in [1.807, 2.05) is 60.7 Å². The van der Waals surface area contributed by atoms with Crippen molar-refractivity contribution in [1.29, 1.82) is 0 Å². The van der Waals surface area contributed by atoms with Crippen LogP contribution in [0.4, 0.5) is 5.69 Å². The number of carbonyl (C=O) groups excluding carboxylic acids is 2. The Bertz CT molecular complexity index is 911. The Morgan fingerprint density at radius 3 is 2.42 bits per heavy atom. The molecule has 0 bridgehead atoms. The van der Waals surface area contributed by atoms with Gasteiger partial charge in [-0.25, -0.2) is 0 Å². The summed E-state index contributed by atoms with van der Waals surface area (Å²) in [5, 5.41) is 5.00. The van der Waals surface area contributed by atoms with Crippen LogP contribution in [0.15, 0.2) is 77.7 Å². The van der Waals surface area contributed by atoms with Gasteiger partial charge in [0.05, 0.1) is 5.75 Å². The lowest BCUT2D eigenvalue weighted by molar-refractivity contribution is -0.150. The van der Waals surface area contributed by atoms with Crippen molar-refractivity contribution in [1.82, 2.24) is 0 Å². The van der Waals surface area contributed by atoms with Crippen molar-refractivity contribution >= 4 is 40.1 Å². The Balaban J connectivity index is 1.50. The van der Waals surface area contributed by atoms with Crippen molar-refractivity contribution in [2.24, 2.45) is 0 Å². The zero-order valence-corrected chi connectivity index (χ0v) is 15.2. The van der Waals surface area contributed by atoms with Gasteiger partial charge in [-0.2, -0.15) is 0 Å². The maximum absolute atomic E-state index is 12.1. The van der Waals surface area contributed by atoms with Crippen molar-refractivity contribution in [2.75, 3.05) is 11.1 Å². The van der Waals surface area contributed by atoms with Crippen LogP contribution in [-0.4, -0.2) is 23.7 Å². The first-order chi connectivity index (χ1) is 12.6. The van der Waals surface area contributed by atoms with E-state index in [1.165, 1.54) is 11.8 Å². The molecule has 3 aromatic rings. The Morgan fingerprint density at radius 1 is 0.962 bits per heavy atom. The van der Waals surface area contributed by atoms with Gasteiger partial charge in [-0.05, 0) is 42.0 Å². The number of ether oxygens (including phenoxy) is 1. The molecule has 1 atom stereocenters. The third-order valence-electron chi connectivity index (χ3n) is 3.80. The molecule has 0 aliphatic heterocycles. The number of amides is 1. The molecule has 0 aromatic heterocycles. The van der Waals surface area contributed by atoms with E-state index in [-0.39, 0.29) is 11.7 Å². The minimum atomic E-state index is -0.847. The van der Waals surface area contributed by atoms with Crippen molar-refractivity contribution < 1.29 is 14.3 Å². The highest BCUT2D eigenvalue weighted by molar-refractivity contribution is 8.00. The summed E-state index contributed by atoms with van der Waals surface area (Å²) < 4.78 is 5.22. The number of thioether (sulfide) groups is 1. The second-order valence-corrected chi connectivity index (χ2v) is 6.83. The SMILES string of the molecule is C[C@@H](OC(=O)CSc1ccc2ccccc2c1)C(=O)Nc1ccccc1. The molecule has 0 saturated heterocycles. The molecular weight excluding hydrogens is 346 g/mol. The lowest BCUT2D eigenvalue weighted by Crippen LogP contribution is -2.30. The van der Waals surface area contributed by atoms with Gasteiger partial charge < -0.3 is 10.1 Å². The number of esters is 1. The Kier molecular flexibility index (Phi) is 5.92. The van der Waals surface area contributed by atoms with Crippen LogP contribution in [0.2, 0.25) is 0 Å². The van der Waals surface area contributed by atoms with Crippen LogP contribution in [0.3, 0.4) is 0 Å². The second kappa shape index (κ2) is 8.54. The van der Waals surface area contributed by atoms with Gasteiger partial charge in [0.2, 0.25) is 0 Å². The fraction of sp³-hybridized carbons (Fsp3) is 0.143. The van der Waals surface area contributed by atoms with Crippen LogP contribution >= 0.6 is 11.8 Å². The number of para-hydroxylation sites is 1. The molecule has 5 heteroatoms. The molecule has 3 rings (SSSR count). The van der Waals surface area contributed by atoms with Gasteiger partial charge >= 0.3 is 5.97 Å². The average Bonchev–Trinajstić information content (AvgIpc) is 2.67. The second-order valence-electron chi connectivity index (χ2n) is 5.78. The summed E-state index contributed by atoms with van der Waals surface area (Å²) in [4.78, 5) is 25.1. The highest BCUT2D eigenvalue weighted by Gasteiger charge is 2.18. The maximum atomic E-state index is 12.1. The topological polar surface area (TPSA) is 55.4 Å². The quantitative estimate of drug-likeness (QED) is 0.516. The number of hydrogen-bond acceptors (Lipinski definition) is 4. The van der Waals surface area contributed by atoms with E-state index in [9.17, 15) is 9.59 Å². The van der Waals surface area contributed by atoms with E-state index in [1.54, 1.807) is 19.1 Å². The third kappa shape index (κ3) is 4.86. The number of rotatable bonds is 6. The molecule has 1 N–H and O–H groups in total. The fourth-order valence-corrected chi connectivity index (χ4v) is 3.18. The summed E-state index contributed by atoms with van der Waals surface area (Å²) in [5.41, 5.74) is 0.672. The van der Waals surface area contributed by atoms with Crippen molar-refractivity contribution in [2.45, 2.75) is 17.9 Å². The van der Waals surface area contributed by atoms with E-state index in [4.69, 9.17) is 4.74 Å².